The molecule has 0 aliphatic carbocycles. The van der Waals surface area contributed by atoms with Gasteiger partial charge >= 0.3 is 0 Å². The van der Waals surface area contributed by atoms with Crippen molar-refractivity contribution in [2.45, 2.75) is 6.42 Å². The van der Waals surface area contributed by atoms with Crippen LogP contribution in [0.3, 0.4) is 0 Å². The van der Waals surface area contributed by atoms with Crippen molar-refractivity contribution in [2.24, 2.45) is 27.6 Å². The molecule has 1 aliphatic heterocycles. The second-order valence-electron chi connectivity index (χ2n) is 2.41. The Hall–Kier alpha value is -0.710. The largest absolute Gasteiger partial charge is 0.369 e. The molecule has 5 heteroatoms. The lowest BCUT2D eigenvalue weighted by Gasteiger charge is -1.94. The Bertz CT molecular complexity index is 167. The maximum absolute atomic E-state index is 5.09. The second kappa shape index (κ2) is 4.23. The minimum atomic E-state index is 0.0203. The predicted octanol–water partition coefficient (Wildman–Crippen LogP) is -0.00130. The molecule has 0 aromatic rings. The molecule has 1 rings (SSSR count). The fraction of sp³-hybridized carbons (Fsp3) is 0.667. The van der Waals surface area contributed by atoms with Gasteiger partial charge < -0.3 is 11.5 Å². The average Bonchev–Trinajstić information content (AvgIpc) is 2.39. The van der Waals surface area contributed by atoms with Crippen LogP contribution in [-0.2, 0) is 0 Å². The molecule has 1 atom stereocenters. The van der Waals surface area contributed by atoms with Gasteiger partial charge in [0.05, 0.1) is 0 Å². The van der Waals surface area contributed by atoms with Crippen LogP contribution >= 0.6 is 11.8 Å². The molecule has 0 bridgehead atoms. The van der Waals surface area contributed by atoms with E-state index in [0.29, 0.717) is 5.92 Å². The van der Waals surface area contributed by atoms with E-state index in [0.717, 1.165) is 5.75 Å². The van der Waals surface area contributed by atoms with Crippen molar-refractivity contribution >= 4 is 23.9 Å². The zero-order valence-corrected chi connectivity index (χ0v) is 7.05. The van der Waals surface area contributed by atoms with Gasteiger partial charge in [0, 0.05) is 17.9 Å². The topological polar surface area (TPSA) is 76.8 Å². The van der Waals surface area contributed by atoms with E-state index in [9.17, 15) is 0 Å². The molecule has 0 aromatic heterocycles. The Morgan fingerprint density at radius 1 is 1.55 bits per heavy atom. The summed E-state index contributed by atoms with van der Waals surface area (Å²) in [5.74, 6) is 2.94. The third-order valence-electron chi connectivity index (χ3n) is 1.42. The molecule has 1 heterocycles. The molecule has 0 saturated carbocycles. The Balaban J connectivity index is 2.28. The van der Waals surface area contributed by atoms with Gasteiger partial charge in [-0.05, 0) is 12.2 Å². The van der Waals surface area contributed by atoms with Gasteiger partial charge in [-0.25, -0.2) is 0 Å². The summed E-state index contributed by atoms with van der Waals surface area (Å²) in [5, 5.41) is 7.27. The summed E-state index contributed by atoms with van der Waals surface area (Å²) in [4.78, 5) is 0. The van der Waals surface area contributed by atoms with Crippen LogP contribution in [0.2, 0.25) is 0 Å². The van der Waals surface area contributed by atoms with E-state index in [1.165, 1.54) is 12.2 Å². The number of nitrogens with two attached hydrogens (primary N) is 2. The molecule has 4 nitrogen and oxygen atoms in total. The van der Waals surface area contributed by atoms with Crippen molar-refractivity contribution in [1.82, 2.24) is 0 Å². The highest BCUT2D eigenvalue weighted by Gasteiger charge is 2.12. The number of thioether (sulfide) groups is 1. The third kappa shape index (κ3) is 3.27. The SMILES string of the molecule is NC(N)=NN=CC1CCSC1. The smallest absolute Gasteiger partial charge is 0.211 e. The van der Waals surface area contributed by atoms with Crippen molar-refractivity contribution in [3.63, 3.8) is 0 Å². The summed E-state index contributed by atoms with van der Waals surface area (Å²) >= 11 is 1.94. The first-order valence-corrected chi connectivity index (χ1v) is 4.64. The highest BCUT2D eigenvalue weighted by Crippen LogP contribution is 2.21. The van der Waals surface area contributed by atoms with Crippen LogP contribution in [0.25, 0.3) is 0 Å². The summed E-state index contributed by atoms with van der Waals surface area (Å²) < 4.78 is 0. The lowest BCUT2D eigenvalue weighted by molar-refractivity contribution is 0.804. The van der Waals surface area contributed by atoms with Gasteiger partial charge in [-0.1, -0.05) is 0 Å². The fourth-order valence-electron chi connectivity index (χ4n) is 0.865. The third-order valence-corrected chi connectivity index (χ3v) is 2.60. The minimum absolute atomic E-state index is 0.0203. The van der Waals surface area contributed by atoms with Crippen LogP contribution in [0.15, 0.2) is 10.2 Å². The van der Waals surface area contributed by atoms with E-state index in [1.807, 2.05) is 18.0 Å². The van der Waals surface area contributed by atoms with Crippen LogP contribution in [0.4, 0.5) is 0 Å². The van der Waals surface area contributed by atoms with E-state index >= 15 is 0 Å². The van der Waals surface area contributed by atoms with E-state index < -0.39 is 0 Å². The summed E-state index contributed by atoms with van der Waals surface area (Å²) in [5.41, 5.74) is 10.2. The molecule has 1 aliphatic rings. The highest BCUT2D eigenvalue weighted by atomic mass is 32.2. The molecule has 0 spiro atoms. The first-order chi connectivity index (χ1) is 5.29. The van der Waals surface area contributed by atoms with Gasteiger partial charge in [-0.3, -0.25) is 0 Å². The fourth-order valence-corrected chi connectivity index (χ4v) is 2.06. The van der Waals surface area contributed by atoms with Gasteiger partial charge in [-0.2, -0.15) is 16.9 Å². The number of guanidine groups is 1. The molecule has 0 aromatic carbocycles. The zero-order valence-electron chi connectivity index (χ0n) is 6.23. The molecule has 0 radical (unpaired) electrons. The second-order valence-corrected chi connectivity index (χ2v) is 3.56. The Kier molecular flexibility index (Phi) is 3.22. The molecule has 1 saturated heterocycles. The molecule has 62 valence electrons. The molecular formula is C6H12N4S. The number of nitrogens with zero attached hydrogens (tertiary/aromatic N) is 2. The average molecular weight is 172 g/mol. The molecule has 11 heavy (non-hydrogen) atoms. The van der Waals surface area contributed by atoms with Crippen molar-refractivity contribution < 1.29 is 0 Å². The van der Waals surface area contributed by atoms with Crippen LogP contribution < -0.4 is 11.5 Å². The van der Waals surface area contributed by atoms with Gasteiger partial charge in [0.25, 0.3) is 0 Å². The number of rotatable bonds is 2. The lowest BCUT2D eigenvalue weighted by Crippen LogP contribution is -2.21. The summed E-state index contributed by atoms with van der Waals surface area (Å²) in [6.45, 7) is 0. The monoisotopic (exact) mass is 172 g/mol. The van der Waals surface area contributed by atoms with Crippen LogP contribution in [0.5, 0.6) is 0 Å². The van der Waals surface area contributed by atoms with Gasteiger partial charge in [0.1, 0.15) is 0 Å². The summed E-state index contributed by atoms with van der Waals surface area (Å²) in [6, 6.07) is 0. The Morgan fingerprint density at radius 2 is 2.36 bits per heavy atom. The Morgan fingerprint density at radius 3 is 2.91 bits per heavy atom. The van der Waals surface area contributed by atoms with E-state index in [-0.39, 0.29) is 5.96 Å². The minimum Gasteiger partial charge on any atom is -0.369 e. The molecule has 0 amide bonds. The standard InChI is InChI=1S/C6H12N4S/c7-6(8)10-9-3-5-1-2-11-4-5/h3,5H,1-2,4H2,(H4,7,8,10). The number of hydrogen-bond donors (Lipinski definition) is 2. The maximum atomic E-state index is 5.09. The van der Waals surface area contributed by atoms with Crippen molar-refractivity contribution in [1.29, 1.82) is 0 Å². The predicted molar refractivity (Wildman–Crippen MR) is 49.7 cm³/mol. The maximum Gasteiger partial charge on any atom is 0.211 e. The van der Waals surface area contributed by atoms with E-state index in [4.69, 9.17) is 11.5 Å². The number of hydrogen-bond acceptors (Lipinski definition) is 3. The normalized spacial score (nSPS) is 24.2. The van der Waals surface area contributed by atoms with Gasteiger partial charge in [0.15, 0.2) is 0 Å². The van der Waals surface area contributed by atoms with Crippen LogP contribution in [-0.4, -0.2) is 23.7 Å². The lowest BCUT2D eigenvalue weighted by atomic mass is 10.1. The molecule has 4 N–H and O–H groups in total. The van der Waals surface area contributed by atoms with Crippen molar-refractivity contribution in [3.05, 3.63) is 0 Å². The van der Waals surface area contributed by atoms with Crippen LogP contribution in [0.1, 0.15) is 6.42 Å². The first-order valence-electron chi connectivity index (χ1n) is 3.49. The van der Waals surface area contributed by atoms with E-state index in [2.05, 4.69) is 10.2 Å². The molecule has 1 fully saturated rings. The molecule has 1 unspecified atom stereocenters. The molecular weight excluding hydrogens is 160 g/mol. The van der Waals surface area contributed by atoms with Crippen LogP contribution in [0, 0.1) is 5.92 Å². The summed E-state index contributed by atoms with van der Waals surface area (Å²) in [7, 11) is 0. The highest BCUT2D eigenvalue weighted by molar-refractivity contribution is 7.99. The van der Waals surface area contributed by atoms with Crippen molar-refractivity contribution in [3.8, 4) is 0 Å². The first kappa shape index (κ1) is 8.39. The Labute approximate surface area is 70.1 Å². The zero-order chi connectivity index (χ0) is 8.10. The van der Waals surface area contributed by atoms with Gasteiger partial charge in [-0.15, -0.1) is 5.10 Å². The summed E-state index contributed by atoms with van der Waals surface area (Å²) in [6.07, 6.45) is 3.01. The van der Waals surface area contributed by atoms with Crippen molar-refractivity contribution in [2.75, 3.05) is 11.5 Å². The van der Waals surface area contributed by atoms with Gasteiger partial charge in [0.2, 0.25) is 5.96 Å². The van der Waals surface area contributed by atoms with E-state index in [1.54, 1.807) is 0 Å². The quantitative estimate of drug-likeness (QED) is 0.349.